The Morgan fingerprint density at radius 2 is 2.13 bits per heavy atom. The highest BCUT2D eigenvalue weighted by atomic mass is 16.2. The van der Waals surface area contributed by atoms with Crippen LogP contribution >= 0.6 is 0 Å². The van der Waals surface area contributed by atoms with Crippen LogP contribution in [0.2, 0.25) is 0 Å². The minimum atomic E-state index is -0.856. The van der Waals surface area contributed by atoms with E-state index in [0.29, 0.717) is 18.8 Å². The summed E-state index contributed by atoms with van der Waals surface area (Å²) < 4.78 is 0. The largest absolute Gasteiger partial charge is 0.342 e. The van der Waals surface area contributed by atoms with E-state index < -0.39 is 11.3 Å². The lowest BCUT2D eigenvalue weighted by Gasteiger charge is -2.36. The van der Waals surface area contributed by atoms with Crippen molar-refractivity contribution in [2.45, 2.75) is 39.5 Å². The first kappa shape index (κ1) is 17.1. The minimum absolute atomic E-state index is 0.0568. The SMILES string of the molecule is CC(C)(C)C(=O)N1CCC[C@H](C(=O)[C@@H](C#N)c2ccccn2)C1. The Bertz CT molecular complexity index is 613. The third-order valence-electron chi connectivity index (χ3n) is 4.15. The molecule has 0 radical (unpaired) electrons. The fraction of sp³-hybridized carbons (Fsp3) is 0.556. The highest BCUT2D eigenvalue weighted by Gasteiger charge is 2.36. The zero-order chi connectivity index (χ0) is 17.0. The maximum Gasteiger partial charge on any atom is 0.227 e. The number of hydrogen-bond acceptors (Lipinski definition) is 4. The topological polar surface area (TPSA) is 74.1 Å². The fourth-order valence-electron chi connectivity index (χ4n) is 2.93. The van der Waals surface area contributed by atoms with Crippen LogP contribution in [0.1, 0.15) is 45.2 Å². The van der Waals surface area contributed by atoms with Gasteiger partial charge in [-0.05, 0) is 25.0 Å². The average molecular weight is 313 g/mol. The van der Waals surface area contributed by atoms with Crippen molar-refractivity contribution in [3.63, 3.8) is 0 Å². The molecule has 2 atom stereocenters. The van der Waals surface area contributed by atoms with Gasteiger partial charge in [0, 0.05) is 30.6 Å². The minimum Gasteiger partial charge on any atom is -0.342 e. The molecule has 0 spiro atoms. The zero-order valence-corrected chi connectivity index (χ0v) is 14.0. The Morgan fingerprint density at radius 3 is 2.70 bits per heavy atom. The van der Waals surface area contributed by atoms with Crippen LogP contribution in [0.4, 0.5) is 0 Å². The van der Waals surface area contributed by atoms with Gasteiger partial charge in [-0.1, -0.05) is 26.8 Å². The van der Waals surface area contributed by atoms with Crippen molar-refractivity contribution < 1.29 is 9.59 Å². The predicted molar refractivity (Wildman–Crippen MR) is 86.4 cm³/mol. The van der Waals surface area contributed by atoms with Gasteiger partial charge < -0.3 is 4.90 Å². The van der Waals surface area contributed by atoms with Gasteiger partial charge in [0.25, 0.3) is 0 Å². The molecule has 1 aromatic rings. The molecule has 122 valence electrons. The van der Waals surface area contributed by atoms with Gasteiger partial charge in [0.1, 0.15) is 5.92 Å². The number of rotatable bonds is 3. The molecule has 23 heavy (non-hydrogen) atoms. The monoisotopic (exact) mass is 313 g/mol. The third-order valence-corrected chi connectivity index (χ3v) is 4.15. The Balaban J connectivity index is 2.13. The normalized spacial score (nSPS) is 19.7. The summed E-state index contributed by atoms with van der Waals surface area (Å²) in [6.45, 7) is 6.73. The van der Waals surface area contributed by atoms with E-state index in [1.807, 2.05) is 20.8 Å². The van der Waals surface area contributed by atoms with Crippen LogP contribution in [0.25, 0.3) is 0 Å². The van der Waals surface area contributed by atoms with Gasteiger partial charge in [0.15, 0.2) is 5.78 Å². The van der Waals surface area contributed by atoms with Gasteiger partial charge in [-0.15, -0.1) is 0 Å². The average Bonchev–Trinajstić information content (AvgIpc) is 2.55. The molecule has 1 aromatic heterocycles. The molecule has 1 amide bonds. The Morgan fingerprint density at radius 1 is 1.39 bits per heavy atom. The first-order valence-corrected chi connectivity index (χ1v) is 7.98. The molecule has 5 nitrogen and oxygen atoms in total. The van der Waals surface area contributed by atoms with Gasteiger partial charge >= 0.3 is 0 Å². The molecule has 0 saturated carbocycles. The molecule has 1 fully saturated rings. The summed E-state index contributed by atoms with van der Waals surface area (Å²) in [5, 5.41) is 9.39. The molecule has 0 bridgehead atoms. The molecule has 5 heteroatoms. The molecule has 1 saturated heterocycles. The summed E-state index contributed by atoms with van der Waals surface area (Å²) in [6.07, 6.45) is 3.10. The van der Waals surface area contributed by atoms with Gasteiger partial charge in [-0.3, -0.25) is 14.6 Å². The summed E-state index contributed by atoms with van der Waals surface area (Å²) >= 11 is 0. The van der Waals surface area contributed by atoms with Crippen molar-refractivity contribution in [2.75, 3.05) is 13.1 Å². The molecule has 0 unspecified atom stereocenters. The van der Waals surface area contributed by atoms with Gasteiger partial charge in [0.05, 0.1) is 11.8 Å². The van der Waals surface area contributed by atoms with E-state index in [1.165, 1.54) is 0 Å². The lowest BCUT2D eigenvalue weighted by molar-refractivity contribution is -0.142. The van der Waals surface area contributed by atoms with Gasteiger partial charge in [-0.2, -0.15) is 5.26 Å². The molecule has 0 N–H and O–H groups in total. The number of pyridine rings is 1. The molecular weight excluding hydrogens is 290 g/mol. The lowest BCUT2D eigenvalue weighted by Crippen LogP contribution is -2.47. The van der Waals surface area contributed by atoms with Crippen molar-refractivity contribution in [3.05, 3.63) is 30.1 Å². The number of ketones is 1. The predicted octanol–water partition coefficient (Wildman–Crippen LogP) is 2.54. The summed E-state index contributed by atoms with van der Waals surface area (Å²) in [4.78, 5) is 31.1. The molecule has 1 aliphatic heterocycles. The van der Waals surface area contributed by atoms with Crippen LogP contribution in [0.3, 0.4) is 0 Å². The summed E-state index contributed by atoms with van der Waals surface area (Å²) in [5.74, 6) is -1.22. The third kappa shape index (κ3) is 3.95. The van der Waals surface area contributed by atoms with Crippen molar-refractivity contribution >= 4 is 11.7 Å². The Hall–Kier alpha value is -2.22. The van der Waals surface area contributed by atoms with Crippen LogP contribution in [-0.4, -0.2) is 34.7 Å². The summed E-state index contributed by atoms with van der Waals surface area (Å²) in [6, 6.07) is 7.31. The number of amides is 1. The molecule has 1 aliphatic rings. The number of Topliss-reactive ketones (excluding diaryl/α,β-unsaturated/α-hetero) is 1. The Labute approximate surface area is 137 Å². The van der Waals surface area contributed by atoms with E-state index in [9.17, 15) is 14.9 Å². The van der Waals surface area contributed by atoms with E-state index in [1.54, 1.807) is 29.3 Å². The second-order valence-electron chi connectivity index (χ2n) is 7.06. The molecule has 0 aromatic carbocycles. The number of nitrogens with zero attached hydrogens (tertiary/aromatic N) is 3. The fourth-order valence-corrected chi connectivity index (χ4v) is 2.93. The Kier molecular flexibility index (Phi) is 5.15. The lowest BCUT2D eigenvalue weighted by atomic mass is 9.84. The number of aromatic nitrogens is 1. The van der Waals surface area contributed by atoms with Crippen LogP contribution in [0.5, 0.6) is 0 Å². The van der Waals surface area contributed by atoms with E-state index in [2.05, 4.69) is 11.1 Å². The zero-order valence-electron chi connectivity index (χ0n) is 14.0. The maximum atomic E-state index is 12.7. The molecule has 2 rings (SSSR count). The molecule has 0 aliphatic carbocycles. The first-order chi connectivity index (χ1) is 10.8. The van der Waals surface area contributed by atoms with E-state index in [4.69, 9.17) is 0 Å². The van der Waals surface area contributed by atoms with Crippen molar-refractivity contribution in [1.29, 1.82) is 5.26 Å². The highest BCUT2D eigenvalue weighted by Crippen LogP contribution is 2.27. The quantitative estimate of drug-likeness (QED) is 0.859. The summed E-state index contributed by atoms with van der Waals surface area (Å²) in [7, 11) is 0. The van der Waals surface area contributed by atoms with Crippen LogP contribution < -0.4 is 0 Å². The second kappa shape index (κ2) is 6.91. The van der Waals surface area contributed by atoms with E-state index in [0.717, 1.165) is 12.8 Å². The molecular formula is C18H23N3O2. The highest BCUT2D eigenvalue weighted by molar-refractivity contribution is 5.91. The van der Waals surface area contributed by atoms with Gasteiger partial charge in [-0.25, -0.2) is 0 Å². The van der Waals surface area contributed by atoms with Crippen LogP contribution in [0, 0.1) is 22.7 Å². The van der Waals surface area contributed by atoms with Crippen LogP contribution in [0.15, 0.2) is 24.4 Å². The molecule has 2 heterocycles. The van der Waals surface area contributed by atoms with Crippen molar-refractivity contribution in [1.82, 2.24) is 9.88 Å². The number of carbonyl (C=O) groups is 2. The summed E-state index contributed by atoms with van der Waals surface area (Å²) in [5.41, 5.74) is 0.0277. The second-order valence-corrected chi connectivity index (χ2v) is 7.06. The van der Waals surface area contributed by atoms with E-state index in [-0.39, 0.29) is 17.6 Å². The number of likely N-dealkylation sites (tertiary alicyclic amines) is 1. The first-order valence-electron chi connectivity index (χ1n) is 7.98. The standard InChI is InChI=1S/C18H23N3O2/c1-18(2,3)17(23)21-10-6-7-13(12-21)16(22)14(11-19)15-8-4-5-9-20-15/h4-5,8-9,13-14H,6-7,10,12H2,1-3H3/t13-,14-/m0/s1. The van der Waals surface area contributed by atoms with E-state index >= 15 is 0 Å². The number of nitriles is 1. The number of carbonyl (C=O) groups excluding carboxylic acids is 2. The van der Waals surface area contributed by atoms with Crippen molar-refractivity contribution in [2.24, 2.45) is 11.3 Å². The smallest absolute Gasteiger partial charge is 0.227 e. The number of piperidine rings is 1. The van der Waals surface area contributed by atoms with Gasteiger partial charge in [0.2, 0.25) is 5.91 Å². The van der Waals surface area contributed by atoms with Crippen molar-refractivity contribution in [3.8, 4) is 6.07 Å². The maximum absolute atomic E-state index is 12.7. The number of hydrogen-bond donors (Lipinski definition) is 0. The van der Waals surface area contributed by atoms with Crippen LogP contribution in [-0.2, 0) is 9.59 Å².